The van der Waals surface area contributed by atoms with Crippen molar-refractivity contribution in [2.75, 3.05) is 13.1 Å². The number of carboxylic acid groups (broad SMARTS) is 1. The maximum absolute atomic E-state index is 13.0. The summed E-state index contributed by atoms with van der Waals surface area (Å²) < 4.78 is 51.9. The Balaban J connectivity index is 2.26. The molecule has 1 fully saturated rings. The normalized spacial score (nSPS) is 22.4. The number of amides is 1. The van der Waals surface area contributed by atoms with Crippen LogP contribution < -0.4 is 0 Å². The summed E-state index contributed by atoms with van der Waals surface area (Å²) in [6, 6.07) is 3.33. The fourth-order valence-corrected chi connectivity index (χ4v) is 2.20. The molecule has 0 saturated carbocycles. The highest BCUT2D eigenvalue weighted by atomic mass is 19.4. The molecule has 0 spiro atoms. The molecule has 1 aliphatic rings. The Kier molecular flexibility index (Phi) is 3.60. The predicted octanol–water partition coefficient (Wildman–Crippen LogP) is 1.70. The summed E-state index contributed by atoms with van der Waals surface area (Å²) in [4.78, 5) is 27.0. The zero-order valence-electron chi connectivity index (χ0n) is 10.5. The van der Waals surface area contributed by atoms with Gasteiger partial charge in [-0.3, -0.25) is 9.59 Å². The van der Waals surface area contributed by atoms with Gasteiger partial charge in [-0.05, 0) is 18.6 Å². The topological polar surface area (TPSA) is 70.5 Å². The third-order valence-corrected chi connectivity index (χ3v) is 3.44. The van der Waals surface area contributed by atoms with Gasteiger partial charge in [0.2, 0.25) is 5.95 Å². The molecule has 1 aliphatic heterocycles. The average Bonchev–Trinajstić information content (AvgIpc) is 2.83. The average molecular weight is 306 g/mol. The van der Waals surface area contributed by atoms with Gasteiger partial charge in [0.1, 0.15) is 5.69 Å². The van der Waals surface area contributed by atoms with Gasteiger partial charge in [-0.15, -0.1) is 0 Å². The molecule has 9 heteroatoms. The van der Waals surface area contributed by atoms with Crippen molar-refractivity contribution >= 4 is 11.9 Å². The zero-order valence-corrected chi connectivity index (χ0v) is 10.5. The second-order valence-corrected chi connectivity index (χ2v) is 4.71. The minimum absolute atomic E-state index is 0.363. The molecule has 0 radical (unpaired) electrons. The van der Waals surface area contributed by atoms with Crippen LogP contribution in [0.25, 0.3) is 0 Å². The number of hydrogen-bond donors (Lipinski definition) is 1. The second kappa shape index (κ2) is 4.97. The van der Waals surface area contributed by atoms with E-state index in [0.29, 0.717) is 0 Å². The second-order valence-electron chi connectivity index (χ2n) is 4.71. The molecule has 5 nitrogen and oxygen atoms in total. The number of hydrogen-bond acceptors (Lipinski definition) is 3. The van der Waals surface area contributed by atoms with E-state index in [1.165, 1.54) is 6.07 Å². The first kappa shape index (κ1) is 15.2. The summed E-state index contributed by atoms with van der Waals surface area (Å²) in [5.74, 6) is -3.90. The van der Waals surface area contributed by atoms with E-state index in [2.05, 4.69) is 4.98 Å². The van der Waals surface area contributed by atoms with Crippen LogP contribution in [0.2, 0.25) is 0 Å². The van der Waals surface area contributed by atoms with E-state index < -0.39 is 42.4 Å². The lowest BCUT2D eigenvalue weighted by Gasteiger charge is -2.27. The van der Waals surface area contributed by atoms with Gasteiger partial charge in [-0.2, -0.15) is 17.6 Å². The number of rotatable bonds is 2. The van der Waals surface area contributed by atoms with Crippen LogP contribution in [0.4, 0.5) is 17.6 Å². The molecular formula is C12H10F4N2O3. The Morgan fingerprint density at radius 1 is 1.33 bits per heavy atom. The number of aromatic nitrogens is 1. The number of carbonyl (C=O) groups excluding carboxylic acids is 1. The van der Waals surface area contributed by atoms with E-state index in [1.807, 2.05) is 0 Å². The van der Waals surface area contributed by atoms with E-state index in [0.717, 1.165) is 17.0 Å². The summed E-state index contributed by atoms with van der Waals surface area (Å²) in [6.45, 7) is -1.40. The van der Waals surface area contributed by atoms with Gasteiger partial charge in [0.25, 0.3) is 5.91 Å². The van der Waals surface area contributed by atoms with Gasteiger partial charge < -0.3 is 10.0 Å². The van der Waals surface area contributed by atoms with Crippen molar-refractivity contribution < 1.29 is 32.3 Å². The molecule has 0 aromatic carbocycles. The smallest absolute Gasteiger partial charge is 0.406 e. The summed E-state index contributed by atoms with van der Waals surface area (Å²) in [5, 5.41) is 8.88. The number of carbonyl (C=O) groups is 2. The largest absolute Gasteiger partial charge is 0.481 e. The summed E-state index contributed by atoms with van der Waals surface area (Å²) in [5.41, 5.74) is -3.35. The first-order valence-corrected chi connectivity index (χ1v) is 5.89. The van der Waals surface area contributed by atoms with Crippen LogP contribution in [0.1, 0.15) is 16.9 Å². The minimum atomic E-state index is -4.98. The number of likely N-dealkylation sites (tertiary alicyclic amines) is 1. The summed E-state index contributed by atoms with van der Waals surface area (Å²) >= 11 is 0. The first-order valence-electron chi connectivity index (χ1n) is 5.89. The van der Waals surface area contributed by atoms with Crippen molar-refractivity contribution in [3.8, 4) is 0 Å². The Labute approximate surface area is 116 Å². The van der Waals surface area contributed by atoms with Crippen LogP contribution >= 0.6 is 0 Å². The van der Waals surface area contributed by atoms with E-state index in [4.69, 9.17) is 5.11 Å². The fourth-order valence-electron chi connectivity index (χ4n) is 2.20. The molecule has 114 valence electrons. The molecular weight excluding hydrogens is 296 g/mol. The Morgan fingerprint density at radius 3 is 2.48 bits per heavy atom. The summed E-state index contributed by atoms with van der Waals surface area (Å²) in [6.07, 6.45) is -5.73. The van der Waals surface area contributed by atoms with E-state index in [-0.39, 0.29) is 12.2 Å². The van der Waals surface area contributed by atoms with Crippen molar-refractivity contribution in [2.24, 2.45) is 5.41 Å². The molecule has 1 unspecified atom stereocenters. The van der Waals surface area contributed by atoms with E-state index in [9.17, 15) is 27.2 Å². The Morgan fingerprint density at radius 2 is 2.00 bits per heavy atom. The Hall–Kier alpha value is -2.19. The molecule has 0 aliphatic carbocycles. The maximum Gasteiger partial charge on any atom is 0.406 e. The molecule has 2 heterocycles. The molecule has 2 rings (SSSR count). The highest BCUT2D eigenvalue weighted by molar-refractivity contribution is 5.93. The monoisotopic (exact) mass is 306 g/mol. The van der Waals surface area contributed by atoms with E-state index >= 15 is 0 Å². The van der Waals surface area contributed by atoms with Crippen molar-refractivity contribution in [2.45, 2.75) is 12.6 Å². The highest BCUT2D eigenvalue weighted by Gasteiger charge is 2.64. The quantitative estimate of drug-likeness (QED) is 0.667. The van der Waals surface area contributed by atoms with Crippen LogP contribution in [0.5, 0.6) is 0 Å². The van der Waals surface area contributed by atoms with Crippen LogP contribution in [0.3, 0.4) is 0 Å². The van der Waals surface area contributed by atoms with Crippen molar-refractivity contribution in [1.29, 1.82) is 0 Å². The maximum atomic E-state index is 13.0. The van der Waals surface area contributed by atoms with Gasteiger partial charge in [0, 0.05) is 13.1 Å². The van der Waals surface area contributed by atoms with Crippen LogP contribution in [-0.2, 0) is 4.79 Å². The number of carboxylic acids is 1. The SMILES string of the molecule is O=C(c1cccc(F)n1)N1CCC(C(=O)O)(C(F)(F)F)C1. The highest BCUT2D eigenvalue weighted by Crippen LogP contribution is 2.45. The molecule has 1 atom stereocenters. The number of nitrogens with zero attached hydrogens (tertiary/aromatic N) is 2. The first-order chi connectivity index (χ1) is 9.67. The lowest BCUT2D eigenvalue weighted by molar-refractivity contribution is -0.227. The predicted molar refractivity (Wildman–Crippen MR) is 60.8 cm³/mol. The van der Waals surface area contributed by atoms with Gasteiger partial charge in [-0.25, -0.2) is 4.98 Å². The fraction of sp³-hybridized carbons (Fsp3) is 0.417. The van der Waals surface area contributed by atoms with Crippen molar-refractivity contribution in [1.82, 2.24) is 9.88 Å². The molecule has 1 saturated heterocycles. The zero-order chi connectivity index (χ0) is 15.8. The Bertz CT molecular complexity index is 590. The van der Waals surface area contributed by atoms with E-state index in [1.54, 1.807) is 0 Å². The van der Waals surface area contributed by atoms with Crippen LogP contribution in [0, 0.1) is 11.4 Å². The number of halogens is 4. The minimum Gasteiger partial charge on any atom is -0.481 e. The molecule has 1 aromatic heterocycles. The molecule has 1 aromatic rings. The van der Waals surface area contributed by atoms with Crippen molar-refractivity contribution in [3.63, 3.8) is 0 Å². The third-order valence-electron chi connectivity index (χ3n) is 3.44. The molecule has 1 N–H and O–H groups in total. The van der Waals surface area contributed by atoms with Gasteiger partial charge in [0.15, 0.2) is 5.41 Å². The van der Waals surface area contributed by atoms with Gasteiger partial charge in [-0.1, -0.05) is 6.07 Å². The lowest BCUT2D eigenvalue weighted by Crippen LogP contribution is -2.47. The molecule has 1 amide bonds. The lowest BCUT2D eigenvalue weighted by atomic mass is 9.86. The molecule has 21 heavy (non-hydrogen) atoms. The number of aliphatic carboxylic acids is 1. The van der Waals surface area contributed by atoms with Crippen LogP contribution in [0.15, 0.2) is 18.2 Å². The van der Waals surface area contributed by atoms with Gasteiger partial charge in [0.05, 0.1) is 0 Å². The summed E-state index contributed by atoms with van der Waals surface area (Å²) in [7, 11) is 0. The molecule has 0 bridgehead atoms. The number of alkyl halides is 3. The third kappa shape index (κ3) is 2.55. The van der Waals surface area contributed by atoms with Crippen molar-refractivity contribution in [3.05, 3.63) is 29.8 Å². The number of pyridine rings is 1. The van der Waals surface area contributed by atoms with Gasteiger partial charge >= 0.3 is 12.1 Å². The van der Waals surface area contributed by atoms with Crippen LogP contribution in [-0.4, -0.2) is 46.1 Å². The standard InChI is InChI=1S/C12H10F4N2O3/c13-8-3-1-2-7(17-8)9(19)18-5-4-11(6-18,10(20)21)12(14,15)16/h1-3H,4-6H2,(H,20,21).